The van der Waals surface area contributed by atoms with E-state index in [2.05, 4.69) is 35.8 Å². The smallest absolute Gasteiger partial charge is 0.246 e. The quantitative estimate of drug-likeness (QED) is 0.712. The van der Waals surface area contributed by atoms with Crippen LogP contribution in [0, 0.1) is 5.92 Å². The van der Waals surface area contributed by atoms with Gasteiger partial charge in [-0.3, -0.25) is 14.6 Å². The molecule has 2 fully saturated rings. The monoisotopic (exact) mass is 389 g/mol. The summed E-state index contributed by atoms with van der Waals surface area (Å²) in [6.45, 7) is 5.48. The highest BCUT2D eigenvalue weighted by Gasteiger charge is 2.40. The molecule has 1 aromatic heterocycles. The van der Waals surface area contributed by atoms with Crippen molar-refractivity contribution in [1.82, 2.24) is 14.8 Å². The second kappa shape index (κ2) is 8.60. The first-order valence-electron chi connectivity index (χ1n) is 10.4. The van der Waals surface area contributed by atoms with Gasteiger partial charge in [0.05, 0.1) is 0 Å². The highest BCUT2D eigenvalue weighted by Crippen LogP contribution is 2.30. The van der Waals surface area contributed by atoms with Crippen molar-refractivity contribution < 1.29 is 9.59 Å². The molecule has 0 spiro atoms. The van der Waals surface area contributed by atoms with Crippen LogP contribution >= 0.6 is 0 Å². The normalized spacial score (nSPS) is 19.7. The molecule has 5 heteroatoms. The van der Waals surface area contributed by atoms with Gasteiger partial charge in [0.2, 0.25) is 11.8 Å². The highest BCUT2D eigenvalue weighted by atomic mass is 16.2. The molecule has 5 nitrogen and oxygen atoms in total. The molecule has 1 atom stereocenters. The van der Waals surface area contributed by atoms with E-state index in [4.69, 9.17) is 0 Å². The maximum atomic E-state index is 13.1. The Morgan fingerprint density at radius 3 is 2.38 bits per heavy atom. The van der Waals surface area contributed by atoms with Crippen LogP contribution in [-0.4, -0.2) is 52.3 Å². The van der Waals surface area contributed by atoms with Gasteiger partial charge in [-0.15, -0.1) is 6.58 Å². The molecule has 4 rings (SSSR count). The van der Waals surface area contributed by atoms with Crippen molar-refractivity contribution in [2.45, 2.75) is 31.7 Å². The van der Waals surface area contributed by atoms with Crippen molar-refractivity contribution in [3.05, 3.63) is 67.0 Å². The molecule has 0 radical (unpaired) electrons. The molecule has 0 unspecified atom stereocenters. The van der Waals surface area contributed by atoms with Crippen LogP contribution < -0.4 is 0 Å². The van der Waals surface area contributed by atoms with E-state index in [1.807, 2.05) is 21.9 Å². The van der Waals surface area contributed by atoms with Gasteiger partial charge in [-0.2, -0.15) is 0 Å². The van der Waals surface area contributed by atoms with Gasteiger partial charge in [0.1, 0.15) is 6.04 Å². The molecule has 1 aromatic carbocycles. The van der Waals surface area contributed by atoms with Crippen molar-refractivity contribution in [3.63, 3.8) is 0 Å². The fourth-order valence-electron chi connectivity index (χ4n) is 4.13. The van der Waals surface area contributed by atoms with Crippen molar-refractivity contribution in [3.8, 4) is 11.1 Å². The van der Waals surface area contributed by atoms with Crippen LogP contribution in [0.15, 0.2) is 61.4 Å². The molecule has 1 aliphatic carbocycles. The van der Waals surface area contributed by atoms with Crippen LogP contribution in [0.25, 0.3) is 11.1 Å². The molecule has 2 aliphatic rings. The van der Waals surface area contributed by atoms with Crippen LogP contribution in [0.2, 0.25) is 0 Å². The van der Waals surface area contributed by atoms with E-state index < -0.39 is 6.04 Å². The Bertz CT molecular complexity index is 875. The lowest BCUT2D eigenvalue weighted by Crippen LogP contribution is -2.60. The van der Waals surface area contributed by atoms with Crippen molar-refractivity contribution in [2.24, 2.45) is 5.92 Å². The molecular formula is C24H27N3O2. The van der Waals surface area contributed by atoms with Crippen LogP contribution in [-0.2, 0) is 16.0 Å². The molecule has 0 bridgehead atoms. The van der Waals surface area contributed by atoms with E-state index in [0.29, 0.717) is 26.1 Å². The number of rotatable bonds is 6. The minimum absolute atomic E-state index is 0.0297. The first-order valence-corrected chi connectivity index (χ1v) is 10.4. The first-order chi connectivity index (χ1) is 14.2. The van der Waals surface area contributed by atoms with E-state index in [-0.39, 0.29) is 17.7 Å². The van der Waals surface area contributed by atoms with Gasteiger partial charge in [-0.1, -0.05) is 36.8 Å². The summed E-state index contributed by atoms with van der Waals surface area (Å²) < 4.78 is 0. The van der Waals surface area contributed by atoms with Gasteiger partial charge in [0.25, 0.3) is 0 Å². The lowest BCUT2D eigenvalue weighted by atomic mass is 9.83. The number of benzene rings is 1. The zero-order valence-corrected chi connectivity index (χ0v) is 16.7. The zero-order valence-electron chi connectivity index (χ0n) is 16.7. The number of carbonyl (C=O) groups excluding carboxylic acids is 2. The van der Waals surface area contributed by atoms with Crippen molar-refractivity contribution in [2.75, 3.05) is 19.6 Å². The number of aromatic nitrogens is 1. The summed E-state index contributed by atoms with van der Waals surface area (Å²) in [5, 5.41) is 0. The average Bonchev–Trinajstić information content (AvgIpc) is 2.71. The molecule has 2 heterocycles. The van der Waals surface area contributed by atoms with Gasteiger partial charge in [0.15, 0.2) is 0 Å². The Morgan fingerprint density at radius 1 is 1.07 bits per heavy atom. The Hall–Kier alpha value is -2.95. The maximum absolute atomic E-state index is 13.1. The molecule has 150 valence electrons. The largest absolute Gasteiger partial charge is 0.335 e. The van der Waals surface area contributed by atoms with Crippen LogP contribution in [0.4, 0.5) is 0 Å². The van der Waals surface area contributed by atoms with Crippen molar-refractivity contribution in [1.29, 1.82) is 0 Å². The third-order valence-corrected chi connectivity index (χ3v) is 6.07. The van der Waals surface area contributed by atoms with E-state index in [9.17, 15) is 9.59 Å². The highest BCUT2D eigenvalue weighted by molar-refractivity contribution is 5.90. The Kier molecular flexibility index (Phi) is 5.74. The van der Waals surface area contributed by atoms with Crippen LogP contribution in [0.1, 0.15) is 24.8 Å². The van der Waals surface area contributed by atoms with E-state index >= 15 is 0 Å². The summed E-state index contributed by atoms with van der Waals surface area (Å²) in [7, 11) is 0. The van der Waals surface area contributed by atoms with E-state index in [0.717, 1.165) is 36.0 Å². The number of hydrogen-bond donors (Lipinski definition) is 0. The Labute approximate surface area is 172 Å². The number of amides is 2. The summed E-state index contributed by atoms with van der Waals surface area (Å²) in [6.07, 6.45) is 8.87. The minimum atomic E-state index is -0.427. The second-order valence-electron chi connectivity index (χ2n) is 7.89. The third-order valence-electron chi connectivity index (χ3n) is 6.07. The van der Waals surface area contributed by atoms with Crippen LogP contribution in [0.3, 0.4) is 0 Å². The number of carbonyl (C=O) groups is 2. The second-order valence-corrected chi connectivity index (χ2v) is 7.89. The summed E-state index contributed by atoms with van der Waals surface area (Å²) >= 11 is 0. The van der Waals surface area contributed by atoms with E-state index in [1.54, 1.807) is 18.5 Å². The Morgan fingerprint density at radius 2 is 1.76 bits per heavy atom. The number of nitrogens with zero attached hydrogens (tertiary/aromatic N) is 3. The summed E-state index contributed by atoms with van der Waals surface area (Å²) in [4.78, 5) is 33.8. The molecule has 2 amide bonds. The van der Waals surface area contributed by atoms with Crippen LogP contribution in [0.5, 0.6) is 0 Å². The molecule has 29 heavy (non-hydrogen) atoms. The van der Waals surface area contributed by atoms with Gasteiger partial charge < -0.3 is 9.80 Å². The number of hydrogen-bond acceptors (Lipinski definition) is 3. The molecule has 0 N–H and O–H groups in total. The molecule has 1 saturated heterocycles. The lowest BCUT2D eigenvalue weighted by Gasteiger charge is -2.43. The zero-order chi connectivity index (χ0) is 20.2. The standard InChI is InChI=1S/C24H27N3O2/c1-2-14-26-15-16-27(23(28)21-4-3-5-21)22(24(26)29)17-18-6-8-19(9-7-18)20-10-12-25-13-11-20/h2,6-13,21-22H,1,3-5,14-17H2/t22-/m0/s1. The van der Waals surface area contributed by atoms with Gasteiger partial charge >= 0.3 is 0 Å². The molecular weight excluding hydrogens is 362 g/mol. The number of piperazine rings is 1. The average molecular weight is 389 g/mol. The lowest BCUT2D eigenvalue weighted by molar-refractivity contribution is -0.154. The number of pyridine rings is 1. The predicted molar refractivity (Wildman–Crippen MR) is 113 cm³/mol. The summed E-state index contributed by atoms with van der Waals surface area (Å²) in [5.41, 5.74) is 3.29. The molecule has 1 aliphatic heterocycles. The maximum Gasteiger partial charge on any atom is 0.246 e. The topological polar surface area (TPSA) is 53.5 Å². The Balaban J connectivity index is 1.54. The van der Waals surface area contributed by atoms with Gasteiger partial charge in [-0.05, 0) is 41.7 Å². The third kappa shape index (κ3) is 4.09. The summed E-state index contributed by atoms with van der Waals surface area (Å²) in [6, 6.07) is 11.8. The SMILES string of the molecule is C=CCN1CCN(C(=O)C2CCC2)[C@@H](Cc2ccc(-c3ccncc3)cc2)C1=O. The molecule has 1 saturated carbocycles. The first kappa shape index (κ1) is 19.4. The van der Waals surface area contributed by atoms with Gasteiger partial charge in [0, 0.05) is 44.4 Å². The van der Waals surface area contributed by atoms with E-state index in [1.165, 1.54) is 0 Å². The fourth-order valence-corrected chi connectivity index (χ4v) is 4.13. The van der Waals surface area contributed by atoms with Crippen molar-refractivity contribution >= 4 is 11.8 Å². The summed E-state index contributed by atoms with van der Waals surface area (Å²) in [5.74, 6) is 0.286. The fraction of sp³-hybridized carbons (Fsp3) is 0.375. The predicted octanol–water partition coefficient (Wildman–Crippen LogP) is 3.32. The minimum Gasteiger partial charge on any atom is -0.335 e. The van der Waals surface area contributed by atoms with Gasteiger partial charge in [-0.25, -0.2) is 0 Å². The molecule has 2 aromatic rings.